The summed E-state index contributed by atoms with van der Waals surface area (Å²) in [6.07, 6.45) is 12.7. The van der Waals surface area contributed by atoms with Gasteiger partial charge in [-0.2, -0.15) is 0 Å². The Hall–Kier alpha value is -0.0900. The number of hydrogen-bond donors (Lipinski definition) is 0. The minimum atomic E-state index is 1.32. The van der Waals surface area contributed by atoms with Crippen LogP contribution in [0.2, 0.25) is 0 Å². The molecule has 0 N–H and O–H groups in total. The van der Waals surface area contributed by atoms with Gasteiger partial charge in [-0.25, -0.2) is 0 Å². The van der Waals surface area contributed by atoms with Crippen molar-refractivity contribution >= 4 is 8.58 Å². The third-order valence-corrected chi connectivity index (χ3v) is 3.18. The average molecular weight is 181 g/mol. The van der Waals surface area contributed by atoms with Gasteiger partial charge in [0.1, 0.15) is 0 Å². The van der Waals surface area contributed by atoms with E-state index in [4.69, 9.17) is 0 Å². The highest BCUT2D eigenvalue weighted by Crippen LogP contribution is 2.33. The molecule has 1 radical (unpaired) electrons. The van der Waals surface area contributed by atoms with Crippen molar-refractivity contribution in [2.75, 3.05) is 0 Å². The second-order valence-corrected chi connectivity index (χ2v) is 4.42. The van der Waals surface area contributed by atoms with Crippen molar-refractivity contribution in [2.45, 2.75) is 45.4 Å². The first-order valence-corrected chi connectivity index (χ1v) is 5.96. The standard InChI is InChI=1S/C11H18P/c1-2-3-4-5-6-8-11-9-7-10-12-11/h7,9-10H,2-6,8H2,1H3. The van der Waals surface area contributed by atoms with Crippen molar-refractivity contribution in [2.24, 2.45) is 0 Å². The molecular weight excluding hydrogens is 163 g/mol. The molecular formula is C11H18P. The molecule has 1 heterocycles. The Morgan fingerprint density at radius 3 is 2.67 bits per heavy atom. The molecule has 0 aromatic carbocycles. The molecule has 0 bridgehead atoms. The molecule has 1 aliphatic heterocycles. The zero-order valence-corrected chi connectivity index (χ0v) is 8.82. The van der Waals surface area contributed by atoms with E-state index in [0.29, 0.717) is 0 Å². The number of rotatable bonds is 6. The maximum Gasteiger partial charge on any atom is -0.0225 e. The summed E-state index contributed by atoms with van der Waals surface area (Å²) in [7, 11) is 1.44. The number of hydrogen-bond acceptors (Lipinski definition) is 0. The average Bonchev–Trinajstić information content (AvgIpc) is 2.57. The van der Waals surface area contributed by atoms with Crippen LogP contribution in [-0.4, -0.2) is 0 Å². The molecule has 0 aliphatic carbocycles. The van der Waals surface area contributed by atoms with E-state index in [1.165, 1.54) is 47.1 Å². The normalized spacial score (nSPS) is 17.2. The van der Waals surface area contributed by atoms with Crippen molar-refractivity contribution in [3.05, 3.63) is 23.3 Å². The van der Waals surface area contributed by atoms with E-state index in [1.54, 1.807) is 5.31 Å². The lowest BCUT2D eigenvalue weighted by atomic mass is 10.1. The Morgan fingerprint density at radius 1 is 1.17 bits per heavy atom. The van der Waals surface area contributed by atoms with Gasteiger partial charge in [-0.15, -0.1) is 0 Å². The Balaban J connectivity index is 1.89. The lowest BCUT2D eigenvalue weighted by Crippen LogP contribution is -1.78. The first-order chi connectivity index (χ1) is 5.93. The largest absolute Gasteiger partial charge is 0.0654 e. The molecule has 67 valence electrons. The summed E-state index contributed by atoms with van der Waals surface area (Å²) < 4.78 is 0. The summed E-state index contributed by atoms with van der Waals surface area (Å²) in [5.41, 5.74) is 0. The molecule has 0 atom stereocenters. The number of allylic oxidation sites excluding steroid dienone is 3. The van der Waals surface area contributed by atoms with E-state index in [-0.39, 0.29) is 0 Å². The van der Waals surface area contributed by atoms with Gasteiger partial charge in [-0.1, -0.05) is 50.6 Å². The van der Waals surface area contributed by atoms with Crippen LogP contribution in [0.4, 0.5) is 0 Å². The van der Waals surface area contributed by atoms with Crippen molar-refractivity contribution in [1.29, 1.82) is 0 Å². The van der Waals surface area contributed by atoms with Gasteiger partial charge in [0.05, 0.1) is 0 Å². The lowest BCUT2D eigenvalue weighted by molar-refractivity contribution is 0.636. The second-order valence-electron chi connectivity index (χ2n) is 3.29. The summed E-state index contributed by atoms with van der Waals surface area (Å²) in [6, 6.07) is 0. The first kappa shape index (κ1) is 9.99. The van der Waals surface area contributed by atoms with Crippen LogP contribution in [-0.2, 0) is 0 Å². The van der Waals surface area contributed by atoms with Gasteiger partial charge in [-0.05, 0) is 26.7 Å². The molecule has 12 heavy (non-hydrogen) atoms. The molecule has 1 rings (SSSR count). The van der Waals surface area contributed by atoms with Crippen molar-refractivity contribution in [1.82, 2.24) is 0 Å². The topological polar surface area (TPSA) is 0 Å². The van der Waals surface area contributed by atoms with Gasteiger partial charge < -0.3 is 0 Å². The van der Waals surface area contributed by atoms with Gasteiger partial charge in [0.15, 0.2) is 0 Å². The van der Waals surface area contributed by atoms with Gasteiger partial charge in [0.2, 0.25) is 0 Å². The molecule has 0 aromatic heterocycles. The minimum absolute atomic E-state index is 1.32. The highest BCUT2D eigenvalue weighted by atomic mass is 31.1. The fourth-order valence-electron chi connectivity index (χ4n) is 1.39. The highest BCUT2D eigenvalue weighted by Gasteiger charge is 1.99. The summed E-state index contributed by atoms with van der Waals surface area (Å²) in [5.74, 6) is 2.22. The quantitative estimate of drug-likeness (QED) is 0.411. The molecule has 0 spiro atoms. The van der Waals surface area contributed by atoms with Crippen LogP contribution in [0.25, 0.3) is 0 Å². The van der Waals surface area contributed by atoms with E-state index in [0.717, 1.165) is 0 Å². The smallest absolute Gasteiger partial charge is 0.0225 e. The van der Waals surface area contributed by atoms with Crippen molar-refractivity contribution in [3.8, 4) is 0 Å². The van der Waals surface area contributed by atoms with E-state index in [1.807, 2.05) is 0 Å². The van der Waals surface area contributed by atoms with E-state index in [2.05, 4.69) is 24.9 Å². The number of unbranched alkanes of at least 4 members (excludes halogenated alkanes) is 4. The molecule has 0 aromatic rings. The van der Waals surface area contributed by atoms with Crippen LogP contribution < -0.4 is 0 Å². The second kappa shape index (κ2) is 6.43. The lowest BCUT2D eigenvalue weighted by Gasteiger charge is -2.00. The summed E-state index contributed by atoms with van der Waals surface area (Å²) in [5, 5.41) is 1.60. The summed E-state index contributed by atoms with van der Waals surface area (Å²) in [4.78, 5) is 0. The maximum absolute atomic E-state index is 2.27. The summed E-state index contributed by atoms with van der Waals surface area (Å²) in [6.45, 7) is 2.27. The molecule has 0 saturated heterocycles. The molecule has 0 nitrogen and oxygen atoms in total. The SMILES string of the molecule is CCCCCCCC1=CC=C[P]1. The molecule has 0 unspecified atom stereocenters. The van der Waals surface area contributed by atoms with Gasteiger partial charge >= 0.3 is 0 Å². The van der Waals surface area contributed by atoms with Crippen LogP contribution in [0.15, 0.2) is 23.3 Å². The fraction of sp³-hybridized carbons (Fsp3) is 0.636. The van der Waals surface area contributed by atoms with Crippen LogP contribution in [0.3, 0.4) is 0 Å². The maximum atomic E-state index is 2.27. The van der Waals surface area contributed by atoms with Gasteiger partial charge in [0, 0.05) is 0 Å². The molecule has 1 heteroatoms. The van der Waals surface area contributed by atoms with E-state index >= 15 is 0 Å². The monoisotopic (exact) mass is 181 g/mol. The molecule has 0 fully saturated rings. The minimum Gasteiger partial charge on any atom is -0.0654 e. The van der Waals surface area contributed by atoms with Gasteiger partial charge in [-0.3, -0.25) is 0 Å². The predicted molar refractivity (Wildman–Crippen MR) is 57.5 cm³/mol. The van der Waals surface area contributed by atoms with Crippen LogP contribution in [0, 0.1) is 0 Å². The van der Waals surface area contributed by atoms with Crippen LogP contribution >= 0.6 is 8.58 Å². The zero-order chi connectivity index (χ0) is 8.65. The Morgan fingerprint density at radius 2 is 2.00 bits per heavy atom. The zero-order valence-electron chi connectivity index (χ0n) is 7.92. The molecule has 0 amide bonds. The van der Waals surface area contributed by atoms with Crippen LogP contribution in [0.5, 0.6) is 0 Å². The van der Waals surface area contributed by atoms with Crippen LogP contribution in [0.1, 0.15) is 45.4 Å². The Labute approximate surface area is 77.9 Å². The summed E-state index contributed by atoms with van der Waals surface area (Å²) >= 11 is 0. The van der Waals surface area contributed by atoms with E-state index in [9.17, 15) is 0 Å². The highest BCUT2D eigenvalue weighted by molar-refractivity contribution is 7.47. The molecule has 0 saturated carbocycles. The molecule has 1 aliphatic rings. The van der Waals surface area contributed by atoms with Crippen molar-refractivity contribution in [3.63, 3.8) is 0 Å². The van der Waals surface area contributed by atoms with E-state index < -0.39 is 0 Å². The third-order valence-electron chi connectivity index (χ3n) is 2.15. The van der Waals surface area contributed by atoms with Crippen molar-refractivity contribution < 1.29 is 0 Å². The Bertz CT molecular complexity index is 168. The first-order valence-electron chi connectivity index (χ1n) is 5.00. The predicted octanol–water partition coefficient (Wildman–Crippen LogP) is 4.70. The van der Waals surface area contributed by atoms with Gasteiger partial charge in [0.25, 0.3) is 0 Å². The Kier molecular flexibility index (Phi) is 5.35. The fourth-order valence-corrected chi connectivity index (χ4v) is 2.22. The third kappa shape index (κ3) is 4.07.